The van der Waals surface area contributed by atoms with Gasteiger partial charge in [0.15, 0.2) is 0 Å². The number of benzene rings is 2. The van der Waals surface area contributed by atoms with E-state index in [2.05, 4.69) is 49.4 Å². The Morgan fingerprint density at radius 2 is 1.95 bits per heavy atom. The zero-order valence-corrected chi connectivity index (χ0v) is 11.2. The molecule has 0 aromatic heterocycles. The summed E-state index contributed by atoms with van der Waals surface area (Å²) in [6.45, 7) is 2.18. The van der Waals surface area contributed by atoms with Crippen LogP contribution in [0.2, 0.25) is 0 Å². The Morgan fingerprint density at radius 3 is 2.84 bits per heavy atom. The van der Waals surface area contributed by atoms with Gasteiger partial charge in [-0.3, -0.25) is 0 Å². The number of rotatable bonds is 1. The van der Waals surface area contributed by atoms with Gasteiger partial charge in [0.2, 0.25) is 0 Å². The number of nitrogens with two attached hydrogens (primary N) is 1. The first-order valence-electron chi connectivity index (χ1n) is 7.10. The van der Waals surface area contributed by atoms with Crippen LogP contribution in [-0.2, 0) is 10.3 Å². The molecule has 1 saturated carbocycles. The summed E-state index contributed by atoms with van der Waals surface area (Å²) in [6, 6.07) is 14.9. The fraction of sp³-hybridized carbons (Fsp3) is 0.412. The zero-order valence-electron chi connectivity index (χ0n) is 11.2. The first-order valence-corrected chi connectivity index (χ1v) is 7.10. The van der Waals surface area contributed by atoms with E-state index in [1.807, 2.05) is 0 Å². The van der Waals surface area contributed by atoms with Crippen molar-refractivity contribution in [1.82, 2.24) is 0 Å². The molecule has 0 bridgehead atoms. The molecular formula is C17H19NO. The van der Waals surface area contributed by atoms with Crippen LogP contribution in [0.5, 0.6) is 0 Å². The van der Waals surface area contributed by atoms with Crippen LogP contribution in [0.3, 0.4) is 0 Å². The normalized spacial score (nSPS) is 37.1. The lowest BCUT2D eigenvalue weighted by Gasteiger charge is -2.38. The van der Waals surface area contributed by atoms with Crippen molar-refractivity contribution in [3.8, 4) is 0 Å². The second kappa shape index (κ2) is 3.59. The maximum Gasteiger partial charge on any atom is 0.114 e. The molecule has 1 aliphatic heterocycles. The van der Waals surface area contributed by atoms with Gasteiger partial charge in [-0.1, -0.05) is 42.5 Å². The highest BCUT2D eigenvalue weighted by Crippen LogP contribution is 2.57. The lowest BCUT2D eigenvalue weighted by Crippen LogP contribution is -2.52. The highest BCUT2D eigenvalue weighted by molar-refractivity contribution is 5.87. The second-order valence-electron chi connectivity index (χ2n) is 6.10. The summed E-state index contributed by atoms with van der Waals surface area (Å²) in [6.07, 6.45) is 3.67. The van der Waals surface area contributed by atoms with Crippen LogP contribution in [0.25, 0.3) is 10.8 Å². The quantitative estimate of drug-likeness (QED) is 0.792. The van der Waals surface area contributed by atoms with Crippen LogP contribution >= 0.6 is 0 Å². The molecule has 1 saturated heterocycles. The molecule has 98 valence electrons. The Balaban J connectivity index is 1.95. The average Bonchev–Trinajstić information content (AvgIpc) is 3.12. The summed E-state index contributed by atoms with van der Waals surface area (Å²) in [5, 5.41) is 2.53. The zero-order chi connectivity index (χ0) is 13.1. The Kier molecular flexibility index (Phi) is 2.16. The summed E-state index contributed by atoms with van der Waals surface area (Å²) < 4.78 is 5.96. The summed E-state index contributed by atoms with van der Waals surface area (Å²) in [5.41, 5.74) is 7.56. The van der Waals surface area contributed by atoms with Crippen molar-refractivity contribution in [2.75, 3.05) is 0 Å². The fourth-order valence-electron chi connectivity index (χ4n) is 3.82. The summed E-state index contributed by atoms with van der Waals surface area (Å²) in [4.78, 5) is 0. The van der Waals surface area contributed by atoms with Crippen molar-refractivity contribution >= 4 is 10.8 Å². The van der Waals surface area contributed by atoms with Gasteiger partial charge in [-0.2, -0.15) is 0 Å². The van der Waals surface area contributed by atoms with Crippen molar-refractivity contribution in [2.45, 2.75) is 43.4 Å². The van der Waals surface area contributed by atoms with Crippen molar-refractivity contribution in [3.63, 3.8) is 0 Å². The number of hydrogen-bond acceptors (Lipinski definition) is 2. The molecule has 1 heterocycles. The Bertz CT molecular complexity index is 647. The smallest absolute Gasteiger partial charge is 0.114 e. The number of hydrogen-bond donors (Lipinski definition) is 1. The van der Waals surface area contributed by atoms with E-state index in [4.69, 9.17) is 10.5 Å². The Hall–Kier alpha value is -1.38. The van der Waals surface area contributed by atoms with Crippen LogP contribution < -0.4 is 5.73 Å². The standard InChI is InChI=1S/C17H19NO/c1-16-15(19-16)10-5-11-17(16,18)14-9-4-7-12-6-2-3-8-13(12)14/h2-4,6-9,15H,5,10-11,18H2,1H3. The van der Waals surface area contributed by atoms with Gasteiger partial charge in [0.1, 0.15) is 5.60 Å². The highest BCUT2D eigenvalue weighted by atomic mass is 16.6. The lowest BCUT2D eigenvalue weighted by atomic mass is 9.69. The minimum atomic E-state index is -0.350. The van der Waals surface area contributed by atoms with E-state index in [0.717, 1.165) is 19.3 Å². The van der Waals surface area contributed by atoms with E-state index >= 15 is 0 Å². The van der Waals surface area contributed by atoms with E-state index < -0.39 is 0 Å². The Labute approximate surface area is 113 Å². The SMILES string of the molecule is CC12OC1CCCC2(N)c1cccc2ccccc12. The lowest BCUT2D eigenvalue weighted by molar-refractivity contribution is 0.189. The number of ether oxygens (including phenoxy) is 1. The molecule has 0 spiro atoms. The third-order valence-corrected chi connectivity index (χ3v) is 5.14. The molecule has 3 unspecified atom stereocenters. The van der Waals surface area contributed by atoms with E-state index in [0.29, 0.717) is 6.10 Å². The largest absolute Gasteiger partial charge is 0.364 e. The molecule has 19 heavy (non-hydrogen) atoms. The van der Waals surface area contributed by atoms with Crippen molar-refractivity contribution in [2.24, 2.45) is 5.73 Å². The third-order valence-electron chi connectivity index (χ3n) is 5.14. The topological polar surface area (TPSA) is 38.5 Å². The van der Waals surface area contributed by atoms with Gasteiger partial charge in [0.25, 0.3) is 0 Å². The van der Waals surface area contributed by atoms with Gasteiger partial charge in [-0.05, 0) is 42.5 Å². The van der Waals surface area contributed by atoms with E-state index in [1.165, 1.54) is 16.3 Å². The van der Waals surface area contributed by atoms with Crippen molar-refractivity contribution < 1.29 is 4.74 Å². The van der Waals surface area contributed by atoms with Gasteiger partial charge in [-0.15, -0.1) is 0 Å². The van der Waals surface area contributed by atoms with Crippen molar-refractivity contribution in [3.05, 3.63) is 48.0 Å². The van der Waals surface area contributed by atoms with Crippen molar-refractivity contribution in [1.29, 1.82) is 0 Å². The average molecular weight is 253 g/mol. The second-order valence-corrected chi connectivity index (χ2v) is 6.10. The molecule has 4 rings (SSSR count). The van der Waals surface area contributed by atoms with Gasteiger partial charge < -0.3 is 10.5 Å². The fourth-order valence-corrected chi connectivity index (χ4v) is 3.82. The maximum atomic E-state index is 6.84. The highest BCUT2D eigenvalue weighted by Gasteiger charge is 2.66. The van der Waals surface area contributed by atoms with Crippen LogP contribution in [-0.4, -0.2) is 11.7 Å². The van der Waals surface area contributed by atoms with Gasteiger partial charge >= 0.3 is 0 Å². The number of epoxide rings is 1. The molecular weight excluding hydrogens is 234 g/mol. The molecule has 2 aromatic rings. The van der Waals surface area contributed by atoms with Gasteiger partial charge in [0, 0.05) is 0 Å². The molecule has 1 aliphatic carbocycles. The Morgan fingerprint density at radius 1 is 1.16 bits per heavy atom. The first-order chi connectivity index (χ1) is 9.15. The van der Waals surface area contributed by atoms with Crippen LogP contribution in [0.15, 0.2) is 42.5 Å². The van der Waals surface area contributed by atoms with Crippen LogP contribution in [0.1, 0.15) is 31.7 Å². The monoisotopic (exact) mass is 253 g/mol. The minimum Gasteiger partial charge on any atom is -0.364 e. The molecule has 2 aliphatic rings. The molecule has 0 radical (unpaired) electrons. The molecule has 3 atom stereocenters. The van der Waals surface area contributed by atoms with E-state index in [-0.39, 0.29) is 11.1 Å². The molecule has 0 amide bonds. The predicted octanol–water partition coefficient (Wildman–Crippen LogP) is 3.34. The molecule has 2 N–H and O–H groups in total. The maximum absolute atomic E-state index is 6.84. The summed E-state index contributed by atoms with van der Waals surface area (Å²) in [5.74, 6) is 0. The molecule has 2 nitrogen and oxygen atoms in total. The predicted molar refractivity (Wildman–Crippen MR) is 76.9 cm³/mol. The molecule has 2 fully saturated rings. The first kappa shape index (κ1) is 11.4. The van der Waals surface area contributed by atoms with Crippen LogP contribution in [0.4, 0.5) is 0 Å². The molecule has 2 aromatic carbocycles. The van der Waals surface area contributed by atoms with E-state index in [1.54, 1.807) is 0 Å². The van der Waals surface area contributed by atoms with Gasteiger partial charge in [0.05, 0.1) is 11.6 Å². The third kappa shape index (κ3) is 1.39. The van der Waals surface area contributed by atoms with Crippen LogP contribution in [0, 0.1) is 0 Å². The minimum absolute atomic E-state index is 0.171. The summed E-state index contributed by atoms with van der Waals surface area (Å²) in [7, 11) is 0. The summed E-state index contributed by atoms with van der Waals surface area (Å²) >= 11 is 0. The van der Waals surface area contributed by atoms with Gasteiger partial charge in [-0.25, -0.2) is 0 Å². The number of fused-ring (bicyclic) bond motifs is 2. The molecule has 2 heteroatoms. The van der Waals surface area contributed by atoms with E-state index in [9.17, 15) is 0 Å².